The van der Waals surface area contributed by atoms with E-state index in [1.54, 1.807) is 19.9 Å². The molecule has 1 rings (SSSR count). The molecule has 160 valence electrons. The van der Waals surface area contributed by atoms with Gasteiger partial charge in [0.1, 0.15) is 0 Å². The number of hydrogen-bond acceptors (Lipinski definition) is 8. The normalized spacial score (nSPS) is 13.4. The van der Waals surface area contributed by atoms with Crippen LogP contribution < -0.4 is 0 Å². The topological polar surface area (TPSA) is 114 Å². The van der Waals surface area contributed by atoms with Crippen LogP contribution in [-0.4, -0.2) is 37.8 Å². The third-order valence-electron chi connectivity index (χ3n) is 4.16. The Bertz CT molecular complexity index is 709. The second kappa shape index (κ2) is 11.8. The quantitative estimate of drug-likeness (QED) is 0.165. The van der Waals surface area contributed by atoms with Gasteiger partial charge in [-0.15, -0.1) is 0 Å². The van der Waals surface area contributed by atoms with Gasteiger partial charge in [0.2, 0.25) is 0 Å². The van der Waals surface area contributed by atoms with Gasteiger partial charge in [-0.2, -0.15) is 0 Å². The second-order valence-electron chi connectivity index (χ2n) is 5.93. The van der Waals surface area contributed by atoms with Gasteiger partial charge in [-0.3, -0.25) is 19.2 Å². The highest BCUT2D eigenvalue weighted by Gasteiger charge is 2.49. The first-order valence-corrected chi connectivity index (χ1v) is 12.3. The maximum absolute atomic E-state index is 13.2. The molecule has 0 amide bonds. The molecule has 0 fully saturated rings. The van der Waals surface area contributed by atoms with E-state index in [4.69, 9.17) is 18.1 Å². The number of aryl methyl sites for hydroxylation is 1. The lowest BCUT2D eigenvalue weighted by atomic mass is 10.1. The lowest BCUT2D eigenvalue weighted by molar-refractivity contribution is -0.384. The van der Waals surface area contributed by atoms with Crippen molar-refractivity contribution in [2.24, 2.45) is 0 Å². The zero-order valence-electron chi connectivity index (χ0n) is 16.7. The molecule has 0 aliphatic rings. The van der Waals surface area contributed by atoms with E-state index in [1.807, 2.05) is 6.07 Å². The van der Waals surface area contributed by atoms with Crippen LogP contribution >= 0.6 is 15.2 Å². The van der Waals surface area contributed by atoms with E-state index in [1.165, 1.54) is 26.4 Å². The summed E-state index contributed by atoms with van der Waals surface area (Å²) >= 11 is 0. The van der Waals surface area contributed by atoms with E-state index in [9.17, 15) is 19.2 Å². The van der Waals surface area contributed by atoms with E-state index in [0.29, 0.717) is 19.3 Å². The Hall–Kier alpha value is -1.08. The number of nitrogens with zero attached hydrogens (tertiary/aromatic N) is 1. The standard InChI is InChI=1S/C17H29NO8P2/c1-5-25-28(22,26-6-2)17(27(21,23-3)24-4)13-8-7-10-15-11-9-12-16(14-15)18(19)20/h9,11-12,14,17H,5-8,10,13H2,1-4H3. The summed E-state index contributed by atoms with van der Waals surface area (Å²) in [6, 6.07) is 6.41. The summed E-state index contributed by atoms with van der Waals surface area (Å²) in [6.45, 7) is 3.62. The SMILES string of the molecule is CCOP(=O)(OCC)C(CCCCc1cccc([N+](=O)[O-])c1)P(=O)(OC)OC. The number of rotatable bonds is 14. The van der Waals surface area contributed by atoms with E-state index in [-0.39, 0.29) is 25.3 Å². The van der Waals surface area contributed by atoms with Crippen molar-refractivity contribution in [2.45, 2.75) is 44.9 Å². The molecule has 0 aliphatic heterocycles. The van der Waals surface area contributed by atoms with Crippen LogP contribution in [0.5, 0.6) is 0 Å². The minimum Gasteiger partial charge on any atom is -0.311 e. The van der Waals surface area contributed by atoms with Crippen LogP contribution in [0.2, 0.25) is 0 Å². The highest BCUT2D eigenvalue weighted by molar-refractivity contribution is 7.72. The predicted molar refractivity (Wildman–Crippen MR) is 107 cm³/mol. The molecule has 0 spiro atoms. The first-order valence-electron chi connectivity index (χ1n) is 9.09. The van der Waals surface area contributed by atoms with Crippen molar-refractivity contribution >= 4 is 20.9 Å². The van der Waals surface area contributed by atoms with Gasteiger partial charge >= 0.3 is 15.2 Å². The van der Waals surface area contributed by atoms with Crippen molar-refractivity contribution in [3.8, 4) is 0 Å². The van der Waals surface area contributed by atoms with Crippen LogP contribution in [0.4, 0.5) is 5.69 Å². The molecular formula is C17H29NO8P2. The fourth-order valence-electron chi connectivity index (χ4n) is 2.86. The summed E-state index contributed by atoms with van der Waals surface area (Å²) in [4.78, 5) is 10.4. The van der Waals surface area contributed by atoms with Crippen molar-refractivity contribution in [3.05, 3.63) is 39.9 Å². The Morgan fingerprint density at radius 1 is 1.04 bits per heavy atom. The predicted octanol–water partition coefficient (Wildman–Crippen LogP) is 5.39. The molecule has 0 bridgehead atoms. The molecule has 0 saturated carbocycles. The number of benzene rings is 1. The van der Waals surface area contributed by atoms with Gasteiger partial charge in [-0.1, -0.05) is 18.6 Å². The van der Waals surface area contributed by atoms with Crippen LogP contribution in [0, 0.1) is 10.1 Å². The van der Waals surface area contributed by atoms with Crippen molar-refractivity contribution in [1.82, 2.24) is 0 Å². The molecule has 0 aliphatic carbocycles. The number of unbranched alkanes of at least 4 members (excludes halogenated alkanes) is 1. The highest BCUT2D eigenvalue weighted by Crippen LogP contribution is 2.71. The molecule has 1 atom stereocenters. The Kier molecular flexibility index (Phi) is 10.5. The van der Waals surface area contributed by atoms with Crippen LogP contribution in [0.3, 0.4) is 0 Å². The van der Waals surface area contributed by atoms with Crippen LogP contribution in [-0.2, 0) is 33.6 Å². The number of non-ortho nitro benzene ring substituents is 1. The second-order valence-corrected chi connectivity index (χ2v) is 11.0. The number of hydrogen-bond donors (Lipinski definition) is 0. The Balaban J connectivity index is 2.87. The van der Waals surface area contributed by atoms with Gasteiger partial charge in [0.05, 0.1) is 18.1 Å². The number of nitro benzene ring substituents is 1. The van der Waals surface area contributed by atoms with Crippen LogP contribution in [0.15, 0.2) is 24.3 Å². The van der Waals surface area contributed by atoms with Crippen LogP contribution in [0.1, 0.15) is 38.7 Å². The van der Waals surface area contributed by atoms with Crippen molar-refractivity contribution in [1.29, 1.82) is 0 Å². The monoisotopic (exact) mass is 437 g/mol. The molecule has 28 heavy (non-hydrogen) atoms. The summed E-state index contributed by atoms with van der Waals surface area (Å²) < 4.78 is 47.1. The third-order valence-corrected chi connectivity index (χ3v) is 10.1. The summed E-state index contributed by atoms with van der Waals surface area (Å²) in [5.74, 6) is 0. The average Bonchev–Trinajstić information content (AvgIpc) is 2.67. The molecule has 9 nitrogen and oxygen atoms in total. The van der Waals surface area contributed by atoms with E-state index >= 15 is 0 Å². The van der Waals surface area contributed by atoms with Crippen LogP contribution in [0.25, 0.3) is 0 Å². The van der Waals surface area contributed by atoms with Crippen molar-refractivity contribution < 1.29 is 32.1 Å². The first-order chi connectivity index (χ1) is 13.3. The summed E-state index contributed by atoms with van der Waals surface area (Å²) in [5.41, 5.74) is 0.862. The zero-order valence-corrected chi connectivity index (χ0v) is 18.5. The molecule has 0 radical (unpaired) electrons. The molecule has 1 aromatic rings. The molecule has 0 N–H and O–H groups in total. The maximum Gasteiger partial charge on any atom is 0.345 e. The van der Waals surface area contributed by atoms with Crippen molar-refractivity contribution in [3.63, 3.8) is 0 Å². The third kappa shape index (κ3) is 6.76. The lowest BCUT2D eigenvalue weighted by Crippen LogP contribution is -2.16. The van der Waals surface area contributed by atoms with Gasteiger partial charge < -0.3 is 18.1 Å². The Labute approximate surface area is 165 Å². The fourth-order valence-corrected chi connectivity index (χ4v) is 7.98. The molecule has 0 aromatic heterocycles. The van der Waals surface area contributed by atoms with Gasteiger partial charge in [-0.25, -0.2) is 0 Å². The highest BCUT2D eigenvalue weighted by atomic mass is 31.2. The average molecular weight is 437 g/mol. The van der Waals surface area contributed by atoms with Crippen molar-refractivity contribution in [2.75, 3.05) is 27.4 Å². The minimum atomic E-state index is -3.72. The smallest absolute Gasteiger partial charge is 0.311 e. The summed E-state index contributed by atoms with van der Waals surface area (Å²) in [7, 11) is -4.95. The maximum atomic E-state index is 13.2. The number of nitro groups is 1. The summed E-state index contributed by atoms with van der Waals surface area (Å²) in [5, 5.41) is 9.83. The Morgan fingerprint density at radius 2 is 1.64 bits per heavy atom. The Morgan fingerprint density at radius 3 is 2.14 bits per heavy atom. The molecular weight excluding hydrogens is 408 g/mol. The molecule has 1 aromatic carbocycles. The molecule has 0 saturated heterocycles. The largest absolute Gasteiger partial charge is 0.345 e. The molecule has 1 unspecified atom stereocenters. The summed E-state index contributed by atoms with van der Waals surface area (Å²) in [6.07, 6.45) is 2.01. The van der Waals surface area contributed by atoms with Gasteiger partial charge in [-0.05, 0) is 38.7 Å². The van der Waals surface area contributed by atoms with Gasteiger partial charge in [0, 0.05) is 26.4 Å². The van der Waals surface area contributed by atoms with E-state index in [2.05, 4.69) is 0 Å². The van der Waals surface area contributed by atoms with E-state index < -0.39 is 25.5 Å². The van der Waals surface area contributed by atoms with Gasteiger partial charge in [0.25, 0.3) is 5.69 Å². The van der Waals surface area contributed by atoms with E-state index in [0.717, 1.165) is 5.56 Å². The molecule has 0 heterocycles. The van der Waals surface area contributed by atoms with Gasteiger partial charge in [0.15, 0.2) is 5.40 Å². The fraction of sp³-hybridized carbons (Fsp3) is 0.647. The minimum absolute atomic E-state index is 0.0378. The first kappa shape index (κ1) is 25.0. The lowest BCUT2D eigenvalue weighted by Gasteiger charge is -2.30. The molecule has 11 heteroatoms. The zero-order chi connectivity index (χ0) is 21.2.